The van der Waals surface area contributed by atoms with Gasteiger partial charge in [-0.3, -0.25) is 10.1 Å². The molecule has 4 nitrogen and oxygen atoms in total. The van der Waals surface area contributed by atoms with Gasteiger partial charge in [-0.05, 0) is 23.1 Å². The molecular formula is C15H14N2O2S. The van der Waals surface area contributed by atoms with Crippen molar-refractivity contribution in [3.8, 4) is 0 Å². The predicted molar refractivity (Wildman–Crippen MR) is 80.9 cm³/mol. The minimum atomic E-state index is -0.230. The summed E-state index contributed by atoms with van der Waals surface area (Å²) in [5, 5.41) is 14.1. The van der Waals surface area contributed by atoms with E-state index in [2.05, 4.69) is 0 Å². The summed E-state index contributed by atoms with van der Waals surface area (Å²) in [6.07, 6.45) is 2.01. The molecule has 0 fully saturated rings. The second kappa shape index (κ2) is 5.09. The Morgan fingerprint density at radius 2 is 2.10 bits per heavy atom. The number of fused-ring (bicyclic) bond motifs is 1. The lowest BCUT2D eigenvalue weighted by molar-refractivity contribution is -0.481. The van der Waals surface area contributed by atoms with Crippen LogP contribution in [0.3, 0.4) is 0 Å². The van der Waals surface area contributed by atoms with E-state index in [-0.39, 0.29) is 17.4 Å². The molecule has 1 aromatic carbocycles. The van der Waals surface area contributed by atoms with Crippen LogP contribution in [0.25, 0.3) is 10.9 Å². The van der Waals surface area contributed by atoms with Crippen molar-refractivity contribution in [2.45, 2.75) is 5.92 Å². The zero-order valence-electron chi connectivity index (χ0n) is 11.0. The normalized spacial score (nSPS) is 12.7. The molecular weight excluding hydrogens is 272 g/mol. The first-order valence-corrected chi connectivity index (χ1v) is 7.24. The van der Waals surface area contributed by atoms with Gasteiger partial charge < -0.3 is 4.57 Å². The quantitative estimate of drug-likeness (QED) is 0.543. The molecule has 0 aliphatic rings. The number of rotatable bonds is 4. The van der Waals surface area contributed by atoms with E-state index in [1.165, 1.54) is 0 Å². The standard InChI is InChI=1S/C15H14N2O2S/c1-16-9-12(11-5-2-3-6-14(11)16)13(10-17(18)19)15-7-4-8-20-15/h2-9,13H,10H2,1H3. The molecule has 5 heteroatoms. The maximum atomic E-state index is 11.0. The molecule has 102 valence electrons. The highest BCUT2D eigenvalue weighted by atomic mass is 32.1. The van der Waals surface area contributed by atoms with Gasteiger partial charge in [0.15, 0.2) is 0 Å². The number of hydrogen-bond donors (Lipinski definition) is 0. The largest absolute Gasteiger partial charge is 0.350 e. The molecule has 0 radical (unpaired) electrons. The Morgan fingerprint density at radius 1 is 1.30 bits per heavy atom. The maximum absolute atomic E-state index is 11.0. The predicted octanol–water partition coefficient (Wildman–Crippen LogP) is 3.65. The van der Waals surface area contributed by atoms with Gasteiger partial charge in [0.25, 0.3) is 0 Å². The molecule has 1 atom stereocenters. The van der Waals surface area contributed by atoms with Crippen LogP contribution in [-0.2, 0) is 7.05 Å². The first-order chi connectivity index (χ1) is 9.66. The van der Waals surface area contributed by atoms with Gasteiger partial charge in [-0.25, -0.2) is 0 Å². The molecule has 0 N–H and O–H groups in total. The summed E-state index contributed by atoms with van der Waals surface area (Å²) in [5.74, 6) is -0.184. The van der Waals surface area contributed by atoms with E-state index in [9.17, 15) is 10.1 Å². The summed E-state index contributed by atoms with van der Waals surface area (Å²) < 4.78 is 2.03. The Kier molecular flexibility index (Phi) is 3.28. The molecule has 2 heterocycles. The zero-order chi connectivity index (χ0) is 14.1. The molecule has 1 unspecified atom stereocenters. The average Bonchev–Trinajstić information content (AvgIpc) is 3.05. The number of para-hydroxylation sites is 1. The summed E-state index contributed by atoms with van der Waals surface area (Å²) in [4.78, 5) is 11.8. The van der Waals surface area contributed by atoms with Gasteiger partial charge in [-0.1, -0.05) is 24.3 Å². The molecule has 0 bridgehead atoms. The number of thiophene rings is 1. The average molecular weight is 286 g/mol. The van der Waals surface area contributed by atoms with Crippen molar-refractivity contribution >= 4 is 22.2 Å². The van der Waals surface area contributed by atoms with Crippen molar-refractivity contribution in [2.24, 2.45) is 7.05 Å². The molecule has 20 heavy (non-hydrogen) atoms. The lowest BCUT2D eigenvalue weighted by atomic mass is 9.97. The van der Waals surface area contributed by atoms with Crippen LogP contribution in [0, 0.1) is 10.1 Å². The topological polar surface area (TPSA) is 48.1 Å². The molecule has 0 spiro atoms. The monoisotopic (exact) mass is 286 g/mol. The van der Waals surface area contributed by atoms with Crippen molar-refractivity contribution in [1.82, 2.24) is 4.57 Å². The Bertz CT molecular complexity index is 746. The first kappa shape index (κ1) is 12.9. The summed E-state index contributed by atoms with van der Waals surface area (Å²) >= 11 is 1.57. The maximum Gasteiger partial charge on any atom is 0.215 e. The minimum Gasteiger partial charge on any atom is -0.350 e. The molecule has 0 saturated carbocycles. The van der Waals surface area contributed by atoms with Gasteiger partial charge in [0.2, 0.25) is 6.54 Å². The third-order valence-electron chi connectivity index (χ3n) is 3.52. The van der Waals surface area contributed by atoms with Crippen molar-refractivity contribution in [3.63, 3.8) is 0 Å². The van der Waals surface area contributed by atoms with E-state index in [0.717, 1.165) is 21.3 Å². The van der Waals surface area contributed by atoms with E-state index < -0.39 is 0 Å². The lowest BCUT2D eigenvalue weighted by Crippen LogP contribution is -2.12. The second-order valence-electron chi connectivity index (χ2n) is 4.80. The Morgan fingerprint density at radius 3 is 2.80 bits per heavy atom. The molecule has 2 aromatic heterocycles. The van der Waals surface area contributed by atoms with Crippen LogP contribution in [0.5, 0.6) is 0 Å². The Hall–Kier alpha value is -2.14. The number of aryl methyl sites for hydroxylation is 1. The van der Waals surface area contributed by atoms with Crippen LogP contribution in [0.2, 0.25) is 0 Å². The van der Waals surface area contributed by atoms with Gasteiger partial charge in [0, 0.05) is 33.9 Å². The number of nitro groups is 1. The molecule has 3 rings (SSSR count). The fraction of sp³-hybridized carbons (Fsp3) is 0.200. The van der Waals surface area contributed by atoms with E-state index in [4.69, 9.17) is 0 Å². The number of benzene rings is 1. The van der Waals surface area contributed by atoms with Crippen LogP contribution >= 0.6 is 11.3 Å². The summed E-state index contributed by atoms with van der Waals surface area (Å²) in [6.45, 7) is -0.0749. The fourth-order valence-corrected chi connectivity index (χ4v) is 3.47. The van der Waals surface area contributed by atoms with Gasteiger partial charge in [-0.2, -0.15) is 0 Å². The summed E-state index contributed by atoms with van der Waals surface area (Å²) in [6, 6.07) is 11.9. The highest BCUT2D eigenvalue weighted by Crippen LogP contribution is 2.34. The van der Waals surface area contributed by atoms with Crippen molar-refractivity contribution < 1.29 is 4.92 Å². The summed E-state index contributed by atoms with van der Waals surface area (Å²) in [7, 11) is 1.98. The SMILES string of the molecule is Cn1cc(C(C[N+](=O)[O-])c2cccs2)c2ccccc21. The van der Waals surface area contributed by atoms with Gasteiger partial charge >= 0.3 is 0 Å². The lowest BCUT2D eigenvalue weighted by Gasteiger charge is -2.10. The van der Waals surface area contributed by atoms with E-state index >= 15 is 0 Å². The Balaban J connectivity index is 2.16. The van der Waals surface area contributed by atoms with E-state index in [1.807, 2.05) is 59.6 Å². The van der Waals surface area contributed by atoms with Crippen LogP contribution in [-0.4, -0.2) is 16.0 Å². The van der Waals surface area contributed by atoms with Crippen molar-refractivity contribution in [1.29, 1.82) is 0 Å². The third-order valence-corrected chi connectivity index (χ3v) is 4.51. The summed E-state index contributed by atoms with van der Waals surface area (Å²) in [5.41, 5.74) is 2.13. The number of nitrogens with zero attached hydrogens (tertiary/aromatic N) is 2. The van der Waals surface area contributed by atoms with Crippen molar-refractivity contribution in [3.05, 3.63) is 68.5 Å². The molecule has 0 aliphatic heterocycles. The minimum absolute atomic E-state index is 0.0749. The third kappa shape index (κ3) is 2.20. The molecule has 0 amide bonds. The smallest absolute Gasteiger partial charge is 0.215 e. The molecule has 3 aromatic rings. The Labute approximate surface area is 120 Å². The van der Waals surface area contributed by atoms with Crippen molar-refractivity contribution in [2.75, 3.05) is 6.54 Å². The number of hydrogen-bond acceptors (Lipinski definition) is 3. The first-order valence-electron chi connectivity index (χ1n) is 6.36. The van der Waals surface area contributed by atoms with Crippen LogP contribution in [0.4, 0.5) is 0 Å². The molecule has 0 saturated heterocycles. The van der Waals surface area contributed by atoms with Crippen LogP contribution in [0.1, 0.15) is 16.4 Å². The number of aromatic nitrogens is 1. The highest BCUT2D eigenvalue weighted by molar-refractivity contribution is 7.10. The highest BCUT2D eigenvalue weighted by Gasteiger charge is 2.24. The van der Waals surface area contributed by atoms with E-state index in [0.29, 0.717) is 0 Å². The molecule has 0 aliphatic carbocycles. The zero-order valence-corrected chi connectivity index (χ0v) is 11.8. The van der Waals surface area contributed by atoms with Gasteiger partial charge in [0.05, 0.1) is 5.92 Å². The fourth-order valence-electron chi connectivity index (χ4n) is 2.63. The second-order valence-corrected chi connectivity index (χ2v) is 5.78. The van der Waals surface area contributed by atoms with E-state index in [1.54, 1.807) is 11.3 Å². The van der Waals surface area contributed by atoms with Crippen LogP contribution in [0.15, 0.2) is 48.0 Å². The van der Waals surface area contributed by atoms with Gasteiger partial charge in [0.1, 0.15) is 0 Å². The van der Waals surface area contributed by atoms with Gasteiger partial charge in [-0.15, -0.1) is 11.3 Å². The van der Waals surface area contributed by atoms with Crippen LogP contribution < -0.4 is 0 Å².